The van der Waals surface area contributed by atoms with E-state index < -0.39 is 6.09 Å². The second-order valence-corrected chi connectivity index (χ2v) is 8.44. The van der Waals surface area contributed by atoms with Crippen LogP contribution in [-0.4, -0.2) is 26.7 Å². The van der Waals surface area contributed by atoms with Crippen LogP contribution in [-0.2, 0) is 18.4 Å². The molecule has 2 N–H and O–H groups in total. The third kappa shape index (κ3) is 4.01. The number of pyridine rings is 1. The van der Waals surface area contributed by atoms with E-state index in [2.05, 4.69) is 35.2 Å². The number of hydrogen-bond donors (Lipinski definition) is 2. The highest BCUT2D eigenvalue weighted by atomic mass is 16.5. The summed E-state index contributed by atoms with van der Waals surface area (Å²) in [4.78, 5) is 31.7. The van der Waals surface area contributed by atoms with Gasteiger partial charge in [-0.1, -0.05) is 50.3 Å². The van der Waals surface area contributed by atoms with Crippen molar-refractivity contribution in [1.82, 2.24) is 19.9 Å². The van der Waals surface area contributed by atoms with Crippen LogP contribution < -0.4 is 11.0 Å². The molecule has 1 aliphatic rings. The Balaban J connectivity index is 1.48. The van der Waals surface area contributed by atoms with Crippen molar-refractivity contribution in [3.8, 4) is 0 Å². The van der Waals surface area contributed by atoms with E-state index in [1.807, 2.05) is 42.5 Å². The number of nitrogens with one attached hydrogen (secondary N) is 2. The SMILES string of the molecule is Cn1c(=O)[nH]c2ccc(C3=CCC(C)(C)C(NC(=O)OCc4ccccc4)C3)nc21. The van der Waals surface area contributed by atoms with Gasteiger partial charge in [-0.2, -0.15) is 0 Å². The van der Waals surface area contributed by atoms with Gasteiger partial charge in [0.1, 0.15) is 6.61 Å². The normalized spacial score (nSPS) is 18.1. The Hall–Kier alpha value is -3.35. The highest BCUT2D eigenvalue weighted by Crippen LogP contribution is 2.38. The number of hydrogen-bond acceptors (Lipinski definition) is 4. The van der Waals surface area contributed by atoms with Gasteiger partial charge in [-0.3, -0.25) is 4.57 Å². The van der Waals surface area contributed by atoms with Gasteiger partial charge in [-0.05, 0) is 41.5 Å². The third-order valence-electron chi connectivity index (χ3n) is 5.81. The molecule has 0 radical (unpaired) electrons. The number of fused-ring (bicyclic) bond motifs is 1. The zero-order valence-corrected chi connectivity index (χ0v) is 17.4. The molecule has 1 unspecified atom stereocenters. The number of amides is 1. The van der Waals surface area contributed by atoms with Gasteiger partial charge in [0.25, 0.3) is 0 Å². The zero-order chi connectivity index (χ0) is 21.3. The summed E-state index contributed by atoms with van der Waals surface area (Å²) in [6, 6.07) is 13.3. The Labute approximate surface area is 174 Å². The average molecular weight is 406 g/mol. The van der Waals surface area contributed by atoms with Crippen LogP contribution in [0.5, 0.6) is 0 Å². The number of aromatic nitrogens is 3. The van der Waals surface area contributed by atoms with E-state index in [4.69, 9.17) is 4.74 Å². The van der Waals surface area contributed by atoms with E-state index in [-0.39, 0.29) is 23.8 Å². The van der Waals surface area contributed by atoms with E-state index in [1.165, 1.54) is 4.57 Å². The summed E-state index contributed by atoms with van der Waals surface area (Å²) in [6.07, 6.45) is 3.20. The highest BCUT2D eigenvalue weighted by molar-refractivity contribution is 5.76. The molecule has 3 aromatic rings. The van der Waals surface area contributed by atoms with Gasteiger partial charge in [0, 0.05) is 13.1 Å². The van der Waals surface area contributed by atoms with Crippen LogP contribution in [0.2, 0.25) is 0 Å². The molecule has 0 spiro atoms. The number of benzene rings is 1. The first-order valence-corrected chi connectivity index (χ1v) is 10.1. The lowest BCUT2D eigenvalue weighted by Gasteiger charge is -2.38. The maximum atomic E-state index is 12.4. The number of rotatable bonds is 4. The smallest absolute Gasteiger partial charge is 0.407 e. The first kappa shape index (κ1) is 19.9. The number of carbonyl (C=O) groups is 1. The summed E-state index contributed by atoms with van der Waals surface area (Å²) in [5.74, 6) is 0. The molecular formula is C23H26N4O3. The fraction of sp³-hybridized carbons (Fsp3) is 0.348. The van der Waals surface area contributed by atoms with Crippen molar-refractivity contribution in [2.45, 2.75) is 39.3 Å². The van der Waals surface area contributed by atoms with E-state index in [9.17, 15) is 9.59 Å². The number of aryl methyl sites for hydroxylation is 1. The van der Waals surface area contributed by atoms with Crippen LogP contribution >= 0.6 is 0 Å². The molecular weight excluding hydrogens is 380 g/mol. The zero-order valence-electron chi connectivity index (χ0n) is 17.4. The Kier molecular flexibility index (Phi) is 5.20. The summed E-state index contributed by atoms with van der Waals surface area (Å²) in [7, 11) is 1.70. The molecule has 156 valence electrons. The number of carbonyl (C=O) groups excluding carboxylic acids is 1. The molecule has 0 bridgehead atoms. The standard InChI is InChI=1S/C23H26N4O3/c1-23(2)12-11-16(17-9-10-18-20(24-17)27(3)21(28)25-18)13-19(23)26-22(29)30-14-15-7-5-4-6-8-15/h4-11,19H,12-14H2,1-3H3,(H,25,28)(H,26,29). The van der Waals surface area contributed by atoms with Gasteiger partial charge < -0.3 is 15.0 Å². The van der Waals surface area contributed by atoms with Gasteiger partial charge in [0.15, 0.2) is 5.65 Å². The number of alkyl carbamates (subject to hydrolysis) is 1. The number of H-pyrrole nitrogens is 1. The van der Waals surface area contributed by atoms with Crippen LogP contribution in [0.1, 0.15) is 37.9 Å². The molecule has 0 saturated heterocycles. The maximum absolute atomic E-state index is 12.4. The minimum atomic E-state index is -0.422. The lowest BCUT2D eigenvalue weighted by atomic mass is 9.73. The van der Waals surface area contributed by atoms with E-state index in [1.54, 1.807) is 7.05 Å². The monoisotopic (exact) mass is 406 g/mol. The molecule has 1 aliphatic carbocycles. The Morgan fingerprint density at radius 3 is 2.80 bits per heavy atom. The molecule has 0 fully saturated rings. The average Bonchev–Trinajstić information content (AvgIpc) is 3.02. The lowest BCUT2D eigenvalue weighted by molar-refractivity contribution is 0.123. The molecule has 7 nitrogen and oxygen atoms in total. The highest BCUT2D eigenvalue weighted by Gasteiger charge is 2.35. The summed E-state index contributed by atoms with van der Waals surface area (Å²) in [6.45, 7) is 4.51. The van der Waals surface area contributed by atoms with Crippen molar-refractivity contribution < 1.29 is 9.53 Å². The fourth-order valence-electron chi connectivity index (χ4n) is 3.75. The molecule has 0 aliphatic heterocycles. The van der Waals surface area contributed by atoms with Gasteiger partial charge >= 0.3 is 11.8 Å². The summed E-state index contributed by atoms with van der Waals surface area (Å²) >= 11 is 0. The minimum absolute atomic E-state index is 0.0895. The molecule has 30 heavy (non-hydrogen) atoms. The topological polar surface area (TPSA) is 89.0 Å². The van der Waals surface area contributed by atoms with Crippen LogP contribution in [0.4, 0.5) is 4.79 Å². The van der Waals surface area contributed by atoms with Gasteiger partial charge in [-0.25, -0.2) is 14.6 Å². The van der Waals surface area contributed by atoms with Gasteiger partial charge in [-0.15, -0.1) is 0 Å². The predicted molar refractivity (Wildman–Crippen MR) is 116 cm³/mol. The number of aromatic amines is 1. The third-order valence-corrected chi connectivity index (χ3v) is 5.81. The minimum Gasteiger partial charge on any atom is -0.445 e. The lowest BCUT2D eigenvalue weighted by Crippen LogP contribution is -2.46. The fourth-order valence-corrected chi connectivity index (χ4v) is 3.75. The quantitative estimate of drug-likeness (QED) is 0.690. The van der Waals surface area contributed by atoms with E-state index >= 15 is 0 Å². The molecule has 7 heteroatoms. The Morgan fingerprint density at radius 2 is 2.03 bits per heavy atom. The van der Waals surface area contributed by atoms with Crippen LogP contribution in [0.25, 0.3) is 16.7 Å². The van der Waals surface area contributed by atoms with Crippen LogP contribution in [0, 0.1) is 5.41 Å². The van der Waals surface area contributed by atoms with Crippen molar-refractivity contribution in [2.75, 3.05) is 0 Å². The van der Waals surface area contributed by atoms with Crippen LogP contribution in [0.3, 0.4) is 0 Å². The maximum Gasteiger partial charge on any atom is 0.407 e. The van der Waals surface area contributed by atoms with Crippen molar-refractivity contribution in [3.05, 3.63) is 70.3 Å². The summed E-state index contributed by atoms with van der Waals surface area (Å²) < 4.78 is 6.92. The molecule has 0 saturated carbocycles. The molecule has 1 aromatic carbocycles. The predicted octanol–water partition coefficient (Wildman–Crippen LogP) is 3.76. The molecule has 1 amide bonds. The molecule has 2 aromatic heterocycles. The first-order chi connectivity index (χ1) is 14.3. The largest absolute Gasteiger partial charge is 0.445 e. The molecule has 2 heterocycles. The number of imidazole rings is 1. The summed E-state index contributed by atoms with van der Waals surface area (Å²) in [5, 5.41) is 3.04. The summed E-state index contributed by atoms with van der Waals surface area (Å²) in [5.41, 5.74) is 3.85. The van der Waals surface area contributed by atoms with Crippen molar-refractivity contribution in [1.29, 1.82) is 0 Å². The molecule has 4 rings (SSSR count). The Bertz CT molecular complexity index is 1160. The van der Waals surface area contributed by atoms with E-state index in [0.29, 0.717) is 17.6 Å². The number of ether oxygens (including phenoxy) is 1. The second kappa shape index (κ2) is 7.82. The van der Waals surface area contributed by atoms with Gasteiger partial charge in [0.05, 0.1) is 11.2 Å². The van der Waals surface area contributed by atoms with Crippen molar-refractivity contribution in [3.63, 3.8) is 0 Å². The van der Waals surface area contributed by atoms with E-state index in [0.717, 1.165) is 23.3 Å². The molecule has 1 atom stereocenters. The van der Waals surface area contributed by atoms with Crippen molar-refractivity contribution in [2.24, 2.45) is 12.5 Å². The first-order valence-electron chi connectivity index (χ1n) is 10.1. The van der Waals surface area contributed by atoms with Crippen LogP contribution in [0.15, 0.2) is 53.3 Å². The second-order valence-electron chi connectivity index (χ2n) is 8.44. The number of nitrogens with zero attached hydrogens (tertiary/aromatic N) is 2. The van der Waals surface area contributed by atoms with Gasteiger partial charge in [0.2, 0.25) is 0 Å². The van der Waals surface area contributed by atoms with Crippen molar-refractivity contribution >= 4 is 22.8 Å². The Morgan fingerprint density at radius 1 is 1.27 bits per heavy atom. The number of allylic oxidation sites excluding steroid dienone is 1.